The SMILES string of the molecule is COc1ccc(OC)c([C@H]2CCCN2CC(=O)NC(=O)NC2CC2)c1. The molecule has 0 bridgehead atoms. The zero-order valence-electron chi connectivity index (χ0n) is 14.7. The monoisotopic (exact) mass is 347 g/mol. The normalized spacial score (nSPS) is 20.2. The van der Waals surface area contributed by atoms with E-state index in [1.807, 2.05) is 18.2 Å². The van der Waals surface area contributed by atoms with Crippen LogP contribution in [0.2, 0.25) is 0 Å². The number of imide groups is 1. The number of carbonyl (C=O) groups excluding carboxylic acids is 2. The standard InChI is InChI=1S/C18H25N3O4/c1-24-13-7-8-16(25-2)14(10-13)15-4-3-9-21(15)11-17(22)20-18(23)19-12-5-6-12/h7-8,10,12,15H,3-6,9,11H2,1-2H3,(H2,19,20,22,23)/t15-/m1/s1. The van der Waals surface area contributed by atoms with Gasteiger partial charge in [0.15, 0.2) is 0 Å². The maximum absolute atomic E-state index is 12.2. The molecular weight excluding hydrogens is 322 g/mol. The van der Waals surface area contributed by atoms with Crippen molar-refractivity contribution >= 4 is 11.9 Å². The third-order valence-electron chi connectivity index (χ3n) is 4.67. The Hall–Kier alpha value is -2.28. The van der Waals surface area contributed by atoms with Crippen LogP contribution in [0.3, 0.4) is 0 Å². The van der Waals surface area contributed by atoms with Gasteiger partial charge in [-0.2, -0.15) is 0 Å². The maximum Gasteiger partial charge on any atom is 0.321 e. The second kappa shape index (κ2) is 7.74. The molecule has 2 aliphatic rings. The lowest BCUT2D eigenvalue weighted by Gasteiger charge is -2.25. The Morgan fingerprint density at radius 1 is 1.20 bits per heavy atom. The van der Waals surface area contributed by atoms with Crippen LogP contribution in [-0.2, 0) is 4.79 Å². The van der Waals surface area contributed by atoms with Gasteiger partial charge in [0, 0.05) is 17.6 Å². The lowest BCUT2D eigenvalue weighted by Crippen LogP contribution is -2.45. The van der Waals surface area contributed by atoms with Gasteiger partial charge in [0.2, 0.25) is 5.91 Å². The molecule has 25 heavy (non-hydrogen) atoms. The molecular formula is C18H25N3O4. The highest BCUT2D eigenvalue weighted by molar-refractivity contribution is 5.95. The number of benzene rings is 1. The zero-order valence-corrected chi connectivity index (χ0v) is 14.7. The van der Waals surface area contributed by atoms with Crippen molar-refractivity contribution < 1.29 is 19.1 Å². The number of hydrogen-bond donors (Lipinski definition) is 2. The zero-order chi connectivity index (χ0) is 17.8. The second-order valence-corrected chi connectivity index (χ2v) is 6.53. The highest BCUT2D eigenvalue weighted by atomic mass is 16.5. The van der Waals surface area contributed by atoms with Crippen molar-refractivity contribution in [1.29, 1.82) is 0 Å². The van der Waals surface area contributed by atoms with Crippen molar-refractivity contribution in [2.24, 2.45) is 0 Å². The van der Waals surface area contributed by atoms with Crippen molar-refractivity contribution in [2.75, 3.05) is 27.3 Å². The minimum atomic E-state index is -0.401. The summed E-state index contributed by atoms with van der Waals surface area (Å²) in [6, 6.07) is 5.60. The van der Waals surface area contributed by atoms with Gasteiger partial charge in [0.1, 0.15) is 11.5 Å². The average Bonchev–Trinajstić information content (AvgIpc) is 3.29. The summed E-state index contributed by atoms with van der Waals surface area (Å²) in [7, 11) is 3.27. The Bertz CT molecular complexity index is 645. The summed E-state index contributed by atoms with van der Waals surface area (Å²) in [5, 5.41) is 5.17. The largest absolute Gasteiger partial charge is 0.497 e. The Labute approximate surface area is 147 Å². The number of rotatable bonds is 6. The van der Waals surface area contributed by atoms with E-state index in [4.69, 9.17) is 9.47 Å². The Morgan fingerprint density at radius 2 is 2.00 bits per heavy atom. The van der Waals surface area contributed by atoms with Crippen molar-refractivity contribution in [3.63, 3.8) is 0 Å². The summed E-state index contributed by atoms with van der Waals surface area (Å²) >= 11 is 0. The molecule has 3 amide bonds. The fourth-order valence-corrected chi connectivity index (χ4v) is 3.27. The second-order valence-electron chi connectivity index (χ2n) is 6.53. The predicted octanol–water partition coefficient (Wildman–Crippen LogP) is 1.83. The lowest BCUT2D eigenvalue weighted by molar-refractivity contribution is -0.121. The first-order valence-electron chi connectivity index (χ1n) is 8.67. The van der Waals surface area contributed by atoms with Crippen molar-refractivity contribution in [3.05, 3.63) is 23.8 Å². The van der Waals surface area contributed by atoms with E-state index >= 15 is 0 Å². The van der Waals surface area contributed by atoms with Crippen LogP contribution in [0.1, 0.15) is 37.3 Å². The van der Waals surface area contributed by atoms with Gasteiger partial charge in [0.25, 0.3) is 0 Å². The Kier molecular flexibility index (Phi) is 5.43. The molecule has 2 fully saturated rings. The van der Waals surface area contributed by atoms with E-state index in [-0.39, 0.29) is 24.5 Å². The summed E-state index contributed by atoms with van der Waals surface area (Å²) in [6.45, 7) is 0.992. The molecule has 1 heterocycles. The van der Waals surface area contributed by atoms with E-state index in [1.54, 1.807) is 14.2 Å². The number of likely N-dealkylation sites (tertiary alicyclic amines) is 1. The third kappa shape index (κ3) is 4.42. The molecule has 1 aliphatic heterocycles. The molecule has 1 aromatic rings. The molecule has 7 nitrogen and oxygen atoms in total. The molecule has 1 saturated heterocycles. The number of ether oxygens (including phenoxy) is 2. The van der Waals surface area contributed by atoms with Crippen LogP contribution in [0.25, 0.3) is 0 Å². The molecule has 0 radical (unpaired) electrons. The molecule has 7 heteroatoms. The Morgan fingerprint density at radius 3 is 2.68 bits per heavy atom. The van der Waals surface area contributed by atoms with Crippen LogP contribution in [-0.4, -0.2) is 50.2 Å². The summed E-state index contributed by atoms with van der Waals surface area (Å²) in [5.41, 5.74) is 1.01. The van der Waals surface area contributed by atoms with Crippen LogP contribution in [0.4, 0.5) is 4.79 Å². The number of hydrogen-bond acceptors (Lipinski definition) is 5. The Balaban J connectivity index is 1.65. The molecule has 0 aromatic heterocycles. The van der Waals surface area contributed by atoms with E-state index in [0.717, 1.165) is 49.3 Å². The molecule has 1 aliphatic carbocycles. The van der Waals surface area contributed by atoms with Crippen LogP contribution in [0, 0.1) is 0 Å². The number of amides is 3. The van der Waals surface area contributed by atoms with Gasteiger partial charge in [-0.25, -0.2) is 4.79 Å². The van der Waals surface area contributed by atoms with Crippen molar-refractivity contribution in [1.82, 2.24) is 15.5 Å². The molecule has 1 atom stereocenters. The summed E-state index contributed by atoms with van der Waals surface area (Å²) in [6.07, 6.45) is 3.91. The first-order chi connectivity index (χ1) is 12.1. The topological polar surface area (TPSA) is 79.9 Å². The fourth-order valence-electron chi connectivity index (χ4n) is 3.27. The molecule has 0 unspecified atom stereocenters. The van der Waals surface area contributed by atoms with E-state index in [0.29, 0.717) is 0 Å². The van der Waals surface area contributed by atoms with Gasteiger partial charge < -0.3 is 14.8 Å². The van der Waals surface area contributed by atoms with Crippen LogP contribution in [0.15, 0.2) is 18.2 Å². The smallest absolute Gasteiger partial charge is 0.321 e. The predicted molar refractivity (Wildman–Crippen MR) is 92.8 cm³/mol. The van der Waals surface area contributed by atoms with Gasteiger partial charge >= 0.3 is 6.03 Å². The summed E-state index contributed by atoms with van der Waals surface area (Å²) < 4.78 is 10.8. The minimum absolute atomic E-state index is 0.0716. The number of methoxy groups -OCH3 is 2. The minimum Gasteiger partial charge on any atom is -0.497 e. The van der Waals surface area contributed by atoms with Crippen LogP contribution >= 0.6 is 0 Å². The average molecular weight is 347 g/mol. The number of carbonyl (C=O) groups is 2. The van der Waals surface area contributed by atoms with E-state index in [1.165, 1.54) is 0 Å². The fraction of sp³-hybridized carbons (Fsp3) is 0.556. The summed E-state index contributed by atoms with van der Waals surface area (Å²) in [4.78, 5) is 26.0. The molecule has 1 saturated carbocycles. The van der Waals surface area contributed by atoms with E-state index < -0.39 is 6.03 Å². The highest BCUT2D eigenvalue weighted by Crippen LogP contribution is 2.38. The van der Waals surface area contributed by atoms with E-state index in [2.05, 4.69) is 15.5 Å². The first-order valence-corrected chi connectivity index (χ1v) is 8.67. The molecule has 2 N–H and O–H groups in total. The van der Waals surface area contributed by atoms with Gasteiger partial charge in [-0.1, -0.05) is 0 Å². The van der Waals surface area contributed by atoms with Gasteiger partial charge in [-0.05, 0) is 50.4 Å². The van der Waals surface area contributed by atoms with E-state index in [9.17, 15) is 9.59 Å². The number of nitrogens with zero attached hydrogens (tertiary/aromatic N) is 1. The third-order valence-corrected chi connectivity index (χ3v) is 4.67. The number of nitrogens with one attached hydrogen (secondary N) is 2. The van der Waals surface area contributed by atoms with Gasteiger partial charge in [0.05, 0.1) is 20.8 Å². The highest BCUT2D eigenvalue weighted by Gasteiger charge is 2.31. The molecule has 1 aromatic carbocycles. The quantitative estimate of drug-likeness (QED) is 0.821. The molecule has 3 rings (SSSR count). The maximum atomic E-state index is 12.2. The van der Waals surface area contributed by atoms with Gasteiger partial charge in [-0.15, -0.1) is 0 Å². The molecule has 0 spiro atoms. The van der Waals surface area contributed by atoms with Crippen molar-refractivity contribution in [2.45, 2.75) is 37.8 Å². The van der Waals surface area contributed by atoms with Gasteiger partial charge in [-0.3, -0.25) is 15.0 Å². The lowest BCUT2D eigenvalue weighted by atomic mass is 10.0. The summed E-state index contributed by atoms with van der Waals surface area (Å²) in [5.74, 6) is 1.26. The van der Waals surface area contributed by atoms with Crippen LogP contribution in [0.5, 0.6) is 11.5 Å². The first kappa shape index (κ1) is 17.5. The van der Waals surface area contributed by atoms with Crippen LogP contribution < -0.4 is 20.1 Å². The number of urea groups is 1. The molecule has 136 valence electrons. The van der Waals surface area contributed by atoms with Crippen molar-refractivity contribution in [3.8, 4) is 11.5 Å².